The number of rotatable bonds is 17. The summed E-state index contributed by atoms with van der Waals surface area (Å²) in [4.78, 5) is 24.9. The van der Waals surface area contributed by atoms with E-state index in [-0.39, 0.29) is 30.6 Å². The third kappa shape index (κ3) is 11.6. The molecule has 3 atom stereocenters. The van der Waals surface area contributed by atoms with Crippen LogP contribution in [-0.4, -0.2) is 28.8 Å². The number of amides is 2. The molecule has 0 spiro atoms. The van der Waals surface area contributed by atoms with E-state index >= 15 is 0 Å². The van der Waals surface area contributed by atoms with Gasteiger partial charge in [0.1, 0.15) is 0 Å². The molecular formula is C44H48N4O6S. The highest BCUT2D eigenvalue weighted by Gasteiger charge is 2.33. The van der Waals surface area contributed by atoms with Gasteiger partial charge in [0.2, 0.25) is 11.8 Å². The number of pyridine rings is 1. The predicted molar refractivity (Wildman–Crippen MR) is 215 cm³/mol. The zero-order valence-electron chi connectivity index (χ0n) is 30.8. The van der Waals surface area contributed by atoms with Crippen molar-refractivity contribution in [3.63, 3.8) is 0 Å². The van der Waals surface area contributed by atoms with Crippen LogP contribution in [0, 0.1) is 5.21 Å². The van der Waals surface area contributed by atoms with Gasteiger partial charge in [0.25, 0.3) is 5.03 Å². The zero-order chi connectivity index (χ0) is 38.4. The number of hydrogen-bond acceptors (Lipinski definition) is 8. The van der Waals surface area contributed by atoms with Crippen LogP contribution in [0.3, 0.4) is 0 Å². The number of aliphatic hydroxyl groups is 1. The van der Waals surface area contributed by atoms with Crippen molar-refractivity contribution >= 4 is 35.0 Å². The van der Waals surface area contributed by atoms with E-state index in [1.54, 1.807) is 24.3 Å². The van der Waals surface area contributed by atoms with Crippen LogP contribution < -0.4 is 21.1 Å². The Morgan fingerprint density at radius 3 is 2.27 bits per heavy atom. The van der Waals surface area contributed by atoms with Crippen molar-refractivity contribution in [3.8, 4) is 11.1 Å². The molecule has 1 aliphatic heterocycles. The van der Waals surface area contributed by atoms with Crippen LogP contribution in [0.25, 0.3) is 11.1 Å². The fourth-order valence-electron chi connectivity index (χ4n) is 6.49. The number of aromatic nitrogens is 1. The molecule has 5 N–H and O–H groups in total. The fourth-order valence-corrected chi connectivity index (χ4v) is 7.42. The average molecular weight is 761 g/mol. The second-order valence-corrected chi connectivity index (χ2v) is 14.7. The Hall–Kier alpha value is -5.20. The summed E-state index contributed by atoms with van der Waals surface area (Å²) < 4.78 is 14.0. The molecule has 10 nitrogen and oxygen atoms in total. The number of thioether (sulfide) groups is 1. The van der Waals surface area contributed by atoms with Crippen molar-refractivity contribution < 1.29 is 28.9 Å². The van der Waals surface area contributed by atoms with Crippen molar-refractivity contribution in [2.24, 2.45) is 0 Å². The molecule has 2 amide bonds. The van der Waals surface area contributed by atoms with E-state index in [4.69, 9.17) is 15.2 Å². The number of para-hydroxylation sites is 2. The van der Waals surface area contributed by atoms with Gasteiger partial charge < -0.3 is 36.2 Å². The molecule has 1 fully saturated rings. The highest BCUT2D eigenvalue weighted by Crippen LogP contribution is 2.40. The summed E-state index contributed by atoms with van der Waals surface area (Å²) in [5, 5.41) is 28.4. The molecule has 2 heterocycles. The molecule has 0 radical (unpaired) electrons. The lowest BCUT2D eigenvalue weighted by Crippen LogP contribution is -2.32. The smallest absolute Gasteiger partial charge is 0.251 e. The summed E-state index contributed by atoms with van der Waals surface area (Å²) in [5.41, 5.74) is 12.8. The van der Waals surface area contributed by atoms with Crippen LogP contribution in [0.1, 0.15) is 79.6 Å². The molecule has 0 aliphatic carbocycles. The van der Waals surface area contributed by atoms with Crippen LogP contribution in [0.15, 0.2) is 126 Å². The summed E-state index contributed by atoms with van der Waals surface area (Å²) in [6.07, 6.45) is 5.16. The highest BCUT2D eigenvalue weighted by molar-refractivity contribution is 7.99. The molecule has 11 heteroatoms. The summed E-state index contributed by atoms with van der Waals surface area (Å²) in [7, 11) is 0. The maximum absolute atomic E-state index is 12.7. The van der Waals surface area contributed by atoms with Gasteiger partial charge in [-0.3, -0.25) is 9.59 Å². The van der Waals surface area contributed by atoms with Crippen molar-refractivity contribution in [3.05, 3.63) is 149 Å². The van der Waals surface area contributed by atoms with E-state index in [1.165, 1.54) is 18.0 Å². The molecule has 4 aromatic carbocycles. The van der Waals surface area contributed by atoms with Gasteiger partial charge in [-0.15, -0.1) is 0 Å². The first-order valence-electron chi connectivity index (χ1n) is 18.8. The molecule has 1 aliphatic rings. The van der Waals surface area contributed by atoms with E-state index < -0.39 is 6.29 Å². The molecule has 286 valence electrons. The summed E-state index contributed by atoms with van der Waals surface area (Å²) in [5.74, 6) is 0.523. The largest absolute Gasteiger partial charge is 0.618 e. The van der Waals surface area contributed by atoms with Gasteiger partial charge in [-0.2, -0.15) is 4.73 Å². The van der Waals surface area contributed by atoms with Crippen LogP contribution >= 0.6 is 11.8 Å². The lowest BCUT2D eigenvalue weighted by atomic mass is 9.99. The Balaban J connectivity index is 1.01. The molecule has 0 unspecified atom stereocenters. The monoisotopic (exact) mass is 760 g/mol. The first-order chi connectivity index (χ1) is 26.8. The molecule has 6 rings (SSSR count). The zero-order valence-corrected chi connectivity index (χ0v) is 31.6. The standard InChI is InChI=1S/C44H48N4O6S/c45-38-15-5-6-16-39(38)47-42(51)18-4-2-1-3-17-41(50)46-28-32-11-9-12-34(25-32)35-13-10-14-36(26-35)44-53-37(30-55-43-19-7-8-24-48(43)52)27-40(54-44)33-22-20-31(29-49)21-23-33/h5-16,19-26,37,40,44,49H,1-4,17-18,27-30,45H2,(H,46,50)(H,47,51)/t37-,40+,44+/m0/s1. The van der Waals surface area contributed by atoms with E-state index in [0.29, 0.717) is 48.0 Å². The second-order valence-electron chi connectivity index (χ2n) is 13.7. The van der Waals surface area contributed by atoms with Gasteiger partial charge in [-0.25, -0.2) is 0 Å². The number of hydrogen-bond donors (Lipinski definition) is 4. The van der Waals surface area contributed by atoms with E-state index in [2.05, 4.69) is 22.8 Å². The van der Waals surface area contributed by atoms with Crippen LogP contribution in [0.2, 0.25) is 0 Å². The third-order valence-corrected chi connectivity index (χ3v) is 10.7. The average Bonchev–Trinajstić information content (AvgIpc) is 3.22. The highest BCUT2D eigenvalue weighted by atomic mass is 32.2. The lowest BCUT2D eigenvalue weighted by molar-refractivity contribution is -0.645. The van der Waals surface area contributed by atoms with Gasteiger partial charge in [-0.1, -0.05) is 97.4 Å². The Bertz CT molecular complexity index is 2030. The van der Waals surface area contributed by atoms with E-state index in [0.717, 1.165) is 63.8 Å². The lowest BCUT2D eigenvalue weighted by Gasteiger charge is -2.36. The predicted octanol–water partition coefficient (Wildman–Crippen LogP) is 7.99. The number of nitrogens with two attached hydrogens (primary N) is 1. The van der Waals surface area contributed by atoms with Crippen LogP contribution in [-0.2, 0) is 32.2 Å². The van der Waals surface area contributed by atoms with Crippen molar-refractivity contribution in [2.75, 3.05) is 16.8 Å². The SMILES string of the molecule is Nc1ccccc1NC(=O)CCCCCCC(=O)NCc1cccc(-c2cccc([C@@H]3O[C@H](CSc4cccc[n+]4[O-])C[C@H](c4ccc(CO)cc4)O3)c2)c1. The second kappa shape index (κ2) is 19.9. The third-order valence-electron chi connectivity index (χ3n) is 9.52. The number of nitrogens with zero attached hydrogens (tertiary/aromatic N) is 1. The molecule has 1 aromatic heterocycles. The van der Waals surface area contributed by atoms with Crippen molar-refractivity contribution in [2.45, 2.75) is 81.6 Å². The van der Waals surface area contributed by atoms with Crippen molar-refractivity contribution in [1.29, 1.82) is 0 Å². The number of aliphatic hydroxyl groups excluding tert-OH is 1. The van der Waals surface area contributed by atoms with Gasteiger partial charge in [-0.05, 0) is 71.0 Å². The molecule has 5 aromatic rings. The summed E-state index contributed by atoms with van der Waals surface area (Å²) >= 11 is 1.46. The Kier molecular flexibility index (Phi) is 14.3. The maximum atomic E-state index is 12.7. The minimum atomic E-state index is -0.634. The molecule has 1 saturated heterocycles. The number of ether oxygens (including phenoxy) is 2. The molecule has 55 heavy (non-hydrogen) atoms. The summed E-state index contributed by atoms with van der Waals surface area (Å²) in [6.45, 7) is 0.394. The number of anilines is 2. The van der Waals surface area contributed by atoms with Crippen LogP contribution in [0.4, 0.5) is 11.4 Å². The van der Waals surface area contributed by atoms with Gasteiger partial charge in [0, 0.05) is 49.3 Å². The first kappa shape index (κ1) is 39.5. The maximum Gasteiger partial charge on any atom is 0.251 e. The Labute approximate surface area is 326 Å². The Morgan fingerprint density at radius 1 is 0.782 bits per heavy atom. The number of carbonyl (C=O) groups excluding carboxylic acids is 2. The van der Waals surface area contributed by atoms with Crippen LogP contribution in [0.5, 0.6) is 0 Å². The van der Waals surface area contributed by atoms with E-state index in [1.807, 2.05) is 78.9 Å². The number of nitrogens with one attached hydrogen (secondary N) is 2. The normalized spacial score (nSPS) is 16.7. The van der Waals surface area contributed by atoms with Crippen molar-refractivity contribution in [1.82, 2.24) is 5.32 Å². The number of carbonyl (C=O) groups is 2. The van der Waals surface area contributed by atoms with Gasteiger partial charge in [0.15, 0.2) is 12.5 Å². The van der Waals surface area contributed by atoms with Gasteiger partial charge >= 0.3 is 0 Å². The Morgan fingerprint density at radius 2 is 1.51 bits per heavy atom. The minimum absolute atomic E-state index is 0.00176. The molecular weight excluding hydrogens is 713 g/mol. The quantitative estimate of drug-likeness (QED) is 0.0245. The minimum Gasteiger partial charge on any atom is -0.618 e. The molecule has 0 bridgehead atoms. The van der Waals surface area contributed by atoms with Gasteiger partial charge in [0.05, 0.1) is 30.2 Å². The number of nitrogen functional groups attached to an aromatic ring is 1. The van der Waals surface area contributed by atoms with E-state index in [9.17, 15) is 19.9 Å². The number of benzene rings is 4. The number of unbranched alkanes of at least 4 members (excludes halogenated alkanes) is 3. The topological polar surface area (TPSA) is 150 Å². The summed E-state index contributed by atoms with van der Waals surface area (Å²) in [6, 6.07) is 36.6. The molecule has 0 saturated carbocycles. The first-order valence-corrected chi connectivity index (χ1v) is 19.7. The fraction of sp³-hybridized carbons (Fsp3) is 0.295.